The van der Waals surface area contributed by atoms with Crippen molar-refractivity contribution in [2.75, 3.05) is 32.1 Å². The number of thiophene rings is 1. The van der Waals surface area contributed by atoms with Crippen LogP contribution < -0.4 is 10.1 Å². The Kier molecular flexibility index (Phi) is 10.3. The summed E-state index contributed by atoms with van der Waals surface area (Å²) in [5, 5.41) is 3.53. The highest BCUT2D eigenvalue weighted by molar-refractivity contribution is 9.10. The molecule has 3 aromatic rings. The standard InChI is InChI=1S/C30H35BrN2O7S2/c1-30(2,3)40-24(34)18-39-26-25(31)27(41-28(26)29(35)38-4)21-11-8-12-23(17-21)32-22-13-15-33(16-14-22)42(36,37)19-20-9-6-5-7-10-20/h5-12,17,22,32H,13-16,18-19H2,1-4H3. The summed E-state index contributed by atoms with van der Waals surface area (Å²) in [6.07, 6.45) is 1.35. The van der Waals surface area contributed by atoms with Crippen LogP contribution in [0.15, 0.2) is 59.1 Å². The van der Waals surface area contributed by atoms with Crippen molar-refractivity contribution in [2.45, 2.75) is 51.0 Å². The van der Waals surface area contributed by atoms with E-state index in [2.05, 4.69) is 21.2 Å². The minimum Gasteiger partial charge on any atom is -0.479 e. The third-order valence-corrected chi connectivity index (χ3v) is 10.5. The molecule has 0 aliphatic carbocycles. The number of carbonyl (C=O) groups excluding carboxylic acids is 2. The van der Waals surface area contributed by atoms with Crippen LogP contribution in [0.5, 0.6) is 5.75 Å². The zero-order chi connectivity index (χ0) is 30.5. The van der Waals surface area contributed by atoms with Gasteiger partial charge in [-0.15, -0.1) is 11.3 Å². The fraction of sp³-hybridized carbons (Fsp3) is 0.400. The molecular weight excluding hydrogens is 644 g/mol. The van der Waals surface area contributed by atoms with Crippen LogP contribution in [-0.2, 0) is 30.0 Å². The third kappa shape index (κ3) is 8.33. The maximum absolute atomic E-state index is 12.9. The van der Waals surface area contributed by atoms with Crippen LogP contribution in [0.2, 0.25) is 0 Å². The molecule has 1 aromatic heterocycles. The highest BCUT2D eigenvalue weighted by atomic mass is 79.9. The largest absolute Gasteiger partial charge is 0.479 e. The second-order valence-electron chi connectivity index (χ2n) is 10.9. The molecule has 42 heavy (non-hydrogen) atoms. The number of nitrogens with one attached hydrogen (secondary N) is 1. The molecule has 0 unspecified atom stereocenters. The van der Waals surface area contributed by atoms with E-state index in [0.717, 1.165) is 21.7 Å². The summed E-state index contributed by atoms with van der Waals surface area (Å²) in [7, 11) is -2.10. The monoisotopic (exact) mass is 678 g/mol. The van der Waals surface area contributed by atoms with E-state index in [1.54, 1.807) is 25.1 Å². The van der Waals surface area contributed by atoms with Gasteiger partial charge in [-0.3, -0.25) is 0 Å². The summed E-state index contributed by atoms with van der Waals surface area (Å²) in [4.78, 5) is 25.8. The fourth-order valence-corrected chi connectivity index (χ4v) is 8.11. The molecule has 9 nitrogen and oxygen atoms in total. The van der Waals surface area contributed by atoms with Gasteiger partial charge in [0.1, 0.15) is 5.60 Å². The lowest BCUT2D eigenvalue weighted by Gasteiger charge is -2.32. The summed E-state index contributed by atoms with van der Waals surface area (Å²) in [5.41, 5.74) is 1.82. The molecule has 12 heteroatoms. The van der Waals surface area contributed by atoms with Crippen molar-refractivity contribution in [1.29, 1.82) is 0 Å². The lowest BCUT2D eigenvalue weighted by atomic mass is 10.1. The Balaban J connectivity index is 1.44. The van der Waals surface area contributed by atoms with Gasteiger partial charge in [-0.1, -0.05) is 42.5 Å². The lowest BCUT2D eigenvalue weighted by Crippen LogP contribution is -2.42. The van der Waals surface area contributed by atoms with E-state index in [0.29, 0.717) is 30.4 Å². The molecule has 0 atom stereocenters. The molecular formula is C30H35BrN2O7S2. The van der Waals surface area contributed by atoms with Crippen molar-refractivity contribution < 1.29 is 32.2 Å². The average molecular weight is 680 g/mol. The van der Waals surface area contributed by atoms with Gasteiger partial charge in [0.25, 0.3) is 0 Å². The van der Waals surface area contributed by atoms with E-state index >= 15 is 0 Å². The van der Waals surface area contributed by atoms with Gasteiger partial charge in [-0.05, 0) is 72.8 Å². The van der Waals surface area contributed by atoms with Crippen molar-refractivity contribution in [3.05, 3.63) is 69.5 Å². The van der Waals surface area contributed by atoms with E-state index < -0.39 is 27.6 Å². The second kappa shape index (κ2) is 13.6. The Morgan fingerprint density at radius 1 is 1.07 bits per heavy atom. The number of anilines is 1. The van der Waals surface area contributed by atoms with Crippen molar-refractivity contribution in [3.63, 3.8) is 0 Å². The molecule has 0 bridgehead atoms. The van der Waals surface area contributed by atoms with Crippen molar-refractivity contribution >= 4 is 54.9 Å². The molecule has 0 amide bonds. The molecule has 0 spiro atoms. The quantitative estimate of drug-likeness (QED) is 0.257. The Hall–Kier alpha value is -2.93. The minimum atomic E-state index is -3.39. The number of sulfonamides is 1. The molecule has 2 aromatic carbocycles. The molecule has 2 heterocycles. The Morgan fingerprint density at radius 3 is 2.40 bits per heavy atom. The van der Waals surface area contributed by atoms with Crippen molar-refractivity contribution in [3.8, 4) is 16.2 Å². The predicted molar refractivity (Wildman–Crippen MR) is 167 cm³/mol. The van der Waals surface area contributed by atoms with E-state index in [1.807, 2.05) is 54.6 Å². The molecule has 1 aliphatic heterocycles. The smallest absolute Gasteiger partial charge is 0.351 e. The summed E-state index contributed by atoms with van der Waals surface area (Å²) in [6, 6.07) is 17.1. The maximum Gasteiger partial charge on any atom is 0.351 e. The summed E-state index contributed by atoms with van der Waals surface area (Å²) in [5.74, 6) is -0.909. The molecule has 1 fully saturated rings. The summed E-state index contributed by atoms with van der Waals surface area (Å²) >= 11 is 4.76. The highest BCUT2D eigenvalue weighted by Crippen LogP contribution is 2.46. The van der Waals surface area contributed by atoms with Gasteiger partial charge in [-0.25, -0.2) is 22.3 Å². The SMILES string of the molecule is COC(=O)c1sc(-c2cccc(NC3CCN(S(=O)(=O)Cc4ccccc4)CC3)c2)c(Br)c1OCC(=O)OC(C)(C)C. The Morgan fingerprint density at radius 2 is 1.76 bits per heavy atom. The predicted octanol–water partition coefficient (Wildman–Crippen LogP) is 6.09. The van der Waals surface area contributed by atoms with E-state index in [-0.39, 0.29) is 29.0 Å². The zero-order valence-corrected chi connectivity index (χ0v) is 27.2. The van der Waals surface area contributed by atoms with Gasteiger partial charge in [-0.2, -0.15) is 0 Å². The van der Waals surface area contributed by atoms with Crippen LogP contribution in [-0.4, -0.2) is 63.1 Å². The number of carbonyl (C=O) groups is 2. The minimum absolute atomic E-state index is 0.000705. The Labute approximate surface area is 259 Å². The molecule has 0 radical (unpaired) electrons. The van der Waals surface area contributed by atoms with Gasteiger partial charge in [0.05, 0.1) is 22.2 Å². The number of benzene rings is 2. The van der Waals surface area contributed by atoms with Crippen LogP contribution in [0, 0.1) is 0 Å². The Bertz CT molecular complexity index is 1510. The normalized spacial score (nSPS) is 14.8. The first-order valence-electron chi connectivity index (χ1n) is 13.5. The number of halogens is 1. The number of methoxy groups -OCH3 is 1. The summed E-state index contributed by atoms with van der Waals surface area (Å²) in [6.45, 7) is 5.83. The lowest BCUT2D eigenvalue weighted by molar-refractivity contribution is -0.157. The first kappa shape index (κ1) is 32.0. The molecule has 1 saturated heterocycles. The molecule has 1 N–H and O–H groups in total. The van der Waals surface area contributed by atoms with E-state index in [4.69, 9.17) is 14.2 Å². The van der Waals surface area contributed by atoms with Crippen LogP contribution in [0.4, 0.5) is 5.69 Å². The van der Waals surface area contributed by atoms with E-state index in [9.17, 15) is 18.0 Å². The van der Waals surface area contributed by atoms with Crippen LogP contribution in [0.25, 0.3) is 10.4 Å². The van der Waals surface area contributed by atoms with Gasteiger partial charge in [0.15, 0.2) is 17.2 Å². The molecule has 0 saturated carbocycles. The maximum atomic E-state index is 12.9. The van der Waals surface area contributed by atoms with Crippen LogP contribution in [0.3, 0.4) is 0 Å². The van der Waals surface area contributed by atoms with Crippen molar-refractivity contribution in [1.82, 2.24) is 4.31 Å². The van der Waals surface area contributed by atoms with Crippen LogP contribution >= 0.6 is 27.3 Å². The fourth-order valence-electron chi connectivity index (χ4n) is 4.58. The first-order chi connectivity index (χ1) is 19.9. The molecule has 4 rings (SSSR count). The molecule has 226 valence electrons. The van der Waals surface area contributed by atoms with Gasteiger partial charge in [0, 0.05) is 24.8 Å². The molecule has 1 aliphatic rings. The van der Waals surface area contributed by atoms with Gasteiger partial charge in [0.2, 0.25) is 10.0 Å². The van der Waals surface area contributed by atoms with E-state index in [1.165, 1.54) is 18.4 Å². The second-order valence-corrected chi connectivity index (χ2v) is 14.7. The number of nitrogens with zero attached hydrogens (tertiary/aromatic N) is 1. The number of hydrogen-bond acceptors (Lipinski definition) is 9. The number of esters is 2. The van der Waals surface area contributed by atoms with Crippen LogP contribution in [0.1, 0.15) is 48.8 Å². The van der Waals surface area contributed by atoms with Gasteiger partial charge < -0.3 is 19.5 Å². The van der Waals surface area contributed by atoms with Gasteiger partial charge >= 0.3 is 11.9 Å². The topological polar surface area (TPSA) is 111 Å². The first-order valence-corrected chi connectivity index (χ1v) is 16.7. The number of ether oxygens (including phenoxy) is 3. The van der Waals surface area contributed by atoms with Crippen molar-refractivity contribution in [2.24, 2.45) is 0 Å². The summed E-state index contributed by atoms with van der Waals surface area (Å²) < 4.78 is 44.0. The zero-order valence-electron chi connectivity index (χ0n) is 24.0. The number of piperidine rings is 1. The number of rotatable bonds is 10. The number of hydrogen-bond donors (Lipinski definition) is 1. The third-order valence-electron chi connectivity index (χ3n) is 6.47. The average Bonchev–Trinajstić information content (AvgIpc) is 3.27. The highest BCUT2D eigenvalue weighted by Gasteiger charge is 2.29.